The molecule has 0 bridgehead atoms. The first-order chi connectivity index (χ1) is 10.6. The third-order valence-corrected chi connectivity index (χ3v) is 3.81. The van der Waals surface area contributed by atoms with Gasteiger partial charge in [-0.05, 0) is 43.5 Å². The first-order valence-electron chi connectivity index (χ1n) is 7.59. The number of nitriles is 1. The van der Waals surface area contributed by atoms with Gasteiger partial charge in [-0.3, -0.25) is 0 Å². The topological polar surface area (TPSA) is 56.0 Å². The van der Waals surface area contributed by atoms with E-state index in [1.165, 1.54) is 0 Å². The Bertz CT molecular complexity index is 633. The van der Waals surface area contributed by atoms with Crippen molar-refractivity contribution >= 4 is 0 Å². The van der Waals surface area contributed by atoms with Gasteiger partial charge in [-0.2, -0.15) is 5.26 Å². The van der Waals surface area contributed by atoms with E-state index in [0.717, 1.165) is 11.1 Å². The summed E-state index contributed by atoms with van der Waals surface area (Å²) in [6.45, 7) is 4.14. The molecule has 2 aromatic carbocycles. The standard InChI is InChI=1S/C19H22N2O/c1-14(11-19(22)17-8-4-3-5-9-17)21-15(2)18-10-6-7-16(12-18)13-20/h3-10,12,14-15,19,21-22H,11H2,1-2H3. The molecule has 0 saturated heterocycles. The van der Waals surface area contributed by atoms with Crippen LogP contribution < -0.4 is 5.32 Å². The number of benzene rings is 2. The zero-order valence-electron chi connectivity index (χ0n) is 13.0. The van der Waals surface area contributed by atoms with Crippen molar-refractivity contribution in [2.24, 2.45) is 0 Å². The minimum atomic E-state index is -0.471. The van der Waals surface area contributed by atoms with E-state index >= 15 is 0 Å². The van der Waals surface area contributed by atoms with Gasteiger partial charge < -0.3 is 10.4 Å². The van der Waals surface area contributed by atoms with Crippen LogP contribution in [0.25, 0.3) is 0 Å². The van der Waals surface area contributed by atoms with E-state index in [0.29, 0.717) is 12.0 Å². The van der Waals surface area contributed by atoms with E-state index in [4.69, 9.17) is 5.26 Å². The van der Waals surface area contributed by atoms with E-state index in [2.05, 4.69) is 25.2 Å². The van der Waals surface area contributed by atoms with Crippen LogP contribution in [0.4, 0.5) is 0 Å². The second kappa shape index (κ2) is 7.74. The monoisotopic (exact) mass is 294 g/mol. The van der Waals surface area contributed by atoms with Gasteiger partial charge in [0.15, 0.2) is 0 Å². The Balaban J connectivity index is 1.93. The Kier molecular flexibility index (Phi) is 5.71. The lowest BCUT2D eigenvalue weighted by atomic mass is 10.0. The number of hydrogen-bond acceptors (Lipinski definition) is 3. The molecule has 114 valence electrons. The summed E-state index contributed by atoms with van der Waals surface area (Å²) in [6, 6.07) is 19.8. The summed E-state index contributed by atoms with van der Waals surface area (Å²) in [5.41, 5.74) is 2.69. The molecule has 0 fully saturated rings. The first kappa shape index (κ1) is 16.2. The lowest BCUT2D eigenvalue weighted by Crippen LogP contribution is -2.30. The molecule has 0 aliphatic heterocycles. The molecule has 0 saturated carbocycles. The quantitative estimate of drug-likeness (QED) is 0.853. The highest BCUT2D eigenvalue weighted by atomic mass is 16.3. The fraction of sp³-hybridized carbons (Fsp3) is 0.316. The van der Waals surface area contributed by atoms with E-state index in [-0.39, 0.29) is 12.1 Å². The van der Waals surface area contributed by atoms with Crippen molar-refractivity contribution in [1.82, 2.24) is 5.32 Å². The van der Waals surface area contributed by atoms with Crippen molar-refractivity contribution in [3.05, 3.63) is 71.3 Å². The van der Waals surface area contributed by atoms with Crippen molar-refractivity contribution in [1.29, 1.82) is 5.26 Å². The third-order valence-electron chi connectivity index (χ3n) is 3.81. The Hall–Kier alpha value is -2.15. The zero-order chi connectivity index (χ0) is 15.9. The summed E-state index contributed by atoms with van der Waals surface area (Å²) in [5.74, 6) is 0. The minimum Gasteiger partial charge on any atom is -0.388 e. The lowest BCUT2D eigenvalue weighted by Gasteiger charge is -2.23. The van der Waals surface area contributed by atoms with Crippen LogP contribution in [-0.4, -0.2) is 11.1 Å². The molecule has 0 aliphatic carbocycles. The molecule has 3 unspecified atom stereocenters. The van der Waals surface area contributed by atoms with E-state index in [1.807, 2.05) is 48.5 Å². The molecule has 0 radical (unpaired) electrons. The zero-order valence-corrected chi connectivity index (χ0v) is 13.0. The number of rotatable bonds is 6. The van der Waals surface area contributed by atoms with Crippen LogP contribution in [0.3, 0.4) is 0 Å². The van der Waals surface area contributed by atoms with E-state index < -0.39 is 6.10 Å². The first-order valence-corrected chi connectivity index (χ1v) is 7.59. The van der Waals surface area contributed by atoms with Crippen LogP contribution in [0.5, 0.6) is 0 Å². The Labute approximate surface area is 132 Å². The maximum atomic E-state index is 10.3. The second-order valence-electron chi connectivity index (χ2n) is 5.69. The van der Waals surface area contributed by atoms with Crippen molar-refractivity contribution < 1.29 is 5.11 Å². The fourth-order valence-corrected chi connectivity index (χ4v) is 2.61. The third kappa shape index (κ3) is 4.42. The average Bonchev–Trinajstić information content (AvgIpc) is 2.55. The molecule has 3 nitrogen and oxygen atoms in total. The van der Waals surface area contributed by atoms with Gasteiger partial charge in [0.05, 0.1) is 17.7 Å². The van der Waals surface area contributed by atoms with Crippen molar-refractivity contribution in [3.8, 4) is 6.07 Å². The maximum Gasteiger partial charge on any atom is 0.0991 e. The number of nitrogens with zero attached hydrogens (tertiary/aromatic N) is 1. The predicted molar refractivity (Wildman–Crippen MR) is 88.2 cm³/mol. The van der Waals surface area contributed by atoms with E-state index in [9.17, 15) is 5.11 Å². The van der Waals surface area contributed by atoms with Gasteiger partial charge in [0.2, 0.25) is 0 Å². The Morgan fingerprint density at radius 2 is 1.73 bits per heavy atom. The van der Waals surface area contributed by atoms with Gasteiger partial charge in [-0.1, -0.05) is 42.5 Å². The summed E-state index contributed by atoms with van der Waals surface area (Å²) < 4.78 is 0. The number of aliphatic hydroxyl groups excluding tert-OH is 1. The Morgan fingerprint density at radius 1 is 1.05 bits per heavy atom. The summed E-state index contributed by atoms with van der Waals surface area (Å²) >= 11 is 0. The van der Waals surface area contributed by atoms with Gasteiger partial charge in [0, 0.05) is 12.1 Å². The summed E-state index contributed by atoms with van der Waals surface area (Å²) in [5, 5.41) is 22.7. The molecule has 0 aliphatic rings. The Morgan fingerprint density at radius 3 is 2.41 bits per heavy atom. The highest BCUT2D eigenvalue weighted by Gasteiger charge is 2.15. The van der Waals surface area contributed by atoms with Crippen LogP contribution in [0.1, 0.15) is 49.1 Å². The highest BCUT2D eigenvalue weighted by molar-refractivity contribution is 5.34. The molecule has 2 rings (SSSR count). The molecule has 0 spiro atoms. The summed E-state index contributed by atoms with van der Waals surface area (Å²) in [6.07, 6.45) is 0.174. The van der Waals surface area contributed by atoms with Gasteiger partial charge in [-0.15, -0.1) is 0 Å². The van der Waals surface area contributed by atoms with Crippen LogP contribution in [0.2, 0.25) is 0 Å². The van der Waals surface area contributed by atoms with Gasteiger partial charge >= 0.3 is 0 Å². The molecule has 2 N–H and O–H groups in total. The summed E-state index contributed by atoms with van der Waals surface area (Å²) in [7, 11) is 0. The maximum absolute atomic E-state index is 10.3. The molecule has 22 heavy (non-hydrogen) atoms. The smallest absolute Gasteiger partial charge is 0.0991 e. The number of aliphatic hydroxyl groups is 1. The molecule has 3 heteroatoms. The van der Waals surface area contributed by atoms with Crippen molar-refractivity contribution in [3.63, 3.8) is 0 Å². The van der Waals surface area contributed by atoms with Crippen molar-refractivity contribution in [2.45, 2.75) is 38.5 Å². The molecular weight excluding hydrogens is 272 g/mol. The number of nitrogens with one attached hydrogen (secondary N) is 1. The van der Waals surface area contributed by atoms with Gasteiger partial charge in [-0.25, -0.2) is 0 Å². The normalized spacial score (nSPS) is 14.8. The highest BCUT2D eigenvalue weighted by Crippen LogP contribution is 2.20. The average molecular weight is 294 g/mol. The van der Waals surface area contributed by atoms with Crippen LogP contribution >= 0.6 is 0 Å². The molecule has 0 amide bonds. The predicted octanol–water partition coefficient (Wildman–Crippen LogP) is 3.72. The van der Waals surface area contributed by atoms with Crippen LogP contribution in [-0.2, 0) is 0 Å². The van der Waals surface area contributed by atoms with Crippen molar-refractivity contribution in [2.75, 3.05) is 0 Å². The number of hydrogen-bond donors (Lipinski definition) is 2. The summed E-state index contributed by atoms with van der Waals surface area (Å²) in [4.78, 5) is 0. The van der Waals surface area contributed by atoms with Gasteiger partial charge in [0.25, 0.3) is 0 Å². The molecule has 3 atom stereocenters. The van der Waals surface area contributed by atoms with Crippen LogP contribution in [0, 0.1) is 11.3 Å². The molecule has 2 aromatic rings. The van der Waals surface area contributed by atoms with Gasteiger partial charge in [0.1, 0.15) is 0 Å². The van der Waals surface area contributed by atoms with E-state index in [1.54, 1.807) is 6.07 Å². The molecule has 0 heterocycles. The van der Waals surface area contributed by atoms with Crippen LogP contribution in [0.15, 0.2) is 54.6 Å². The largest absolute Gasteiger partial charge is 0.388 e. The molecule has 0 aromatic heterocycles. The molecular formula is C19H22N2O. The minimum absolute atomic E-state index is 0.131. The fourth-order valence-electron chi connectivity index (χ4n) is 2.61. The SMILES string of the molecule is CC(CC(O)c1ccccc1)NC(C)c1cccc(C#N)c1. The lowest BCUT2D eigenvalue weighted by molar-refractivity contribution is 0.152. The second-order valence-corrected chi connectivity index (χ2v) is 5.69.